The average Bonchev–Trinajstić information content (AvgIpc) is 2.94. The molecular formula is C14H16N4O. The Kier molecular flexibility index (Phi) is 2.85. The van der Waals surface area contributed by atoms with Crippen LogP contribution in [0.5, 0.6) is 0 Å². The second-order valence-electron chi connectivity index (χ2n) is 4.62. The Hall–Kier alpha value is -2.11. The molecule has 3 aromatic rings. The van der Waals surface area contributed by atoms with Gasteiger partial charge >= 0.3 is 0 Å². The molecule has 5 nitrogen and oxygen atoms in total. The number of benzene rings is 1. The standard InChI is InChI=1S/C14H16N4O/c1-9-7-11(18(2)17-9)14(16-15)13-8-10-5-3-4-6-12(10)19-13/h3-8,14,16H,15H2,1-2H3. The number of nitrogens with zero attached hydrogens (tertiary/aromatic N) is 2. The fraction of sp³-hybridized carbons (Fsp3) is 0.214. The van der Waals surface area contributed by atoms with Gasteiger partial charge in [0.25, 0.3) is 0 Å². The quantitative estimate of drug-likeness (QED) is 0.555. The third-order valence-electron chi connectivity index (χ3n) is 3.23. The van der Waals surface area contributed by atoms with Gasteiger partial charge in [0.05, 0.1) is 11.4 Å². The molecular weight excluding hydrogens is 240 g/mol. The largest absolute Gasteiger partial charge is 0.459 e. The fourth-order valence-electron chi connectivity index (χ4n) is 2.36. The summed E-state index contributed by atoms with van der Waals surface area (Å²) in [7, 11) is 1.90. The first-order valence-corrected chi connectivity index (χ1v) is 6.14. The Bertz CT molecular complexity index is 680. The maximum atomic E-state index is 5.86. The highest BCUT2D eigenvalue weighted by atomic mass is 16.3. The number of fused-ring (bicyclic) bond motifs is 1. The van der Waals surface area contributed by atoms with Crippen LogP contribution in [0.2, 0.25) is 0 Å². The summed E-state index contributed by atoms with van der Waals surface area (Å²) in [6.45, 7) is 1.95. The smallest absolute Gasteiger partial charge is 0.134 e. The molecule has 19 heavy (non-hydrogen) atoms. The minimum absolute atomic E-state index is 0.210. The lowest BCUT2D eigenvalue weighted by molar-refractivity contribution is 0.458. The van der Waals surface area contributed by atoms with Gasteiger partial charge in [-0.1, -0.05) is 18.2 Å². The zero-order valence-electron chi connectivity index (χ0n) is 10.9. The molecule has 0 spiro atoms. The zero-order chi connectivity index (χ0) is 13.4. The minimum atomic E-state index is -0.210. The fourth-order valence-corrected chi connectivity index (χ4v) is 2.36. The number of aryl methyl sites for hydroxylation is 2. The Morgan fingerprint density at radius 3 is 2.74 bits per heavy atom. The lowest BCUT2D eigenvalue weighted by atomic mass is 10.1. The van der Waals surface area contributed by atoms with Crippen molar-refractivity contribution in [2.45, 2.75) is 13.0 Å². The van der Waals surface area contributed by atoms with Gasteiger partial charge < -0.3 is 4.42 Å². The molecule has 98 valence electrons. The normalized spacial score (nSPS) is 13.0. The Labute approximate surface area is 111 Å². The molecule has 0 aliphatic carbocycles. The minimum Gasteiger partial charge on any atom is -0.459 e. The highest BCUT2D eigenvalue weighted by molar-refractivity contribution is 5.77. The topological polar surface area (TPSA) is 69.0 Å². The second kappa shape index (κ2) is 4.53. The zero-order valence-corrected chi connectivity index (χ0v) is 10.9. The Morgan fingerprint density at radius 1 is 1.32 bits per heavy atom. The van der Waals surface area contributed by atoms with Gasteiger partial charge in [0, 0.05) is 12.4 Å². The molecule has 3 N–H and O–H groups in total. The molecule has 0 fully saturated rings. The van der Waals surface area contributed by atoms with E-state index < -0.39 is 0 Å². The van der Waals surface area contributed by atoms with Crippen LogP contribution < -0.4 is 11.3 Å². The summed E-state index contributed by atoms with van der Waals surface area (Å²) in [5.74, 6) is 6.47. The first-order chi connectivity index (χ1) is 9.19. The summed E-state index contributed by atoms with van der Waals surface area (Å²) >= 11 is 0. The number of para-hydroxylation sites is 1. The third-order valence-corrected chi connectivity index (χ3v) is 3.23. The van der Waals surface area contributed by atoms with E-state index in [1.807, 2.05) is 55.1 Å². The summed E-state index contributed by atoms with van der Waals surface area (Å²) in [5, 5.41) is 5.41. The monoisotopic (exact) mass is 256 g/mol. The number of rotatable bonds is 3. The summed E-state index contributed by atoms with van der Waals surface area (Å²) in [5.41, 5.74) is 5.58. The lowest BCUT2D eigenvalue weighted by Gasteiger charge is -2.13. The van der Waals surface area contributed by atoms with Crippen LogP contribution >= 0.6 is 0 Å². The summed E-state index contributed by atoms with van der Waals surface area (Å²) < 4.78 is 7.67. The third kappa shape index (κ3) is 2.03. The Morgan fingerprint density at radius 2 is 2.11 bits per heavy atom. The molecule has 0 saturated heterocycles. The van der Waals surface area contributed by atoms with Gasteiger partial charge in [0.15, 0.2) is 0 Å². The molecule has 0 amide bonds. The molecule has 0 aliphatic rings. The molecule has 0 bridgehead atoms. The van der Waals surface area contributed by atoms with Crippen molar-refractivity contribution in [2.75, 3.05) is 0 Å². The van der Waals surface area contributed by atoms with Crippen LogP contribution in [0.25, 0.3) is 11.0 Å². The van der Waals surface area contributed by atoms with Crippen molar-refractivity contribution in [2.24, 2.45) is 12.9 Å². The number of hydrazine groups is 1. The molecule has 0 saturated carbocycles. The van der Waals surface area contributed by atoms with Crippen molar-refractivity contribution in [3.8, 4) is 0 Å². The van der Waals surface area contributed by atoms with Gasteiger partial charge in [-0.3, -0.25) is 10.5 Å². The van der Waals surface area contributed by atoms with Crippen molar-refractivity contribution >= 4 is 11.0 Å². The molecule has 2 aromatic heterocycles. The summed E-state index contributed by atoms with van der Waals surface area (Å²) in [6.07, 6.45) is 0. The first kappa shape index (κ1) is 12.0. The van der Waals surface area contributed by atoms with Crippen LogP contribution in [0, 0.1) is 6.92 Å². The molecule has 3 rings (SSSR count). The molecule has 1 atom stereocenters. The molecule has 0 radical (unpaired) electrons. The number of aromatic nitrogens is 2. The number of nitrogens with two attached hydrogens (primary N) is 1. The summed E-state index contributed by atoms with van der Waals surface area (Å²) in [4.78, 5) is 0. The van der Waals surface area contributed by atoms with Crippen molar-refractivity contribution in [1.29, 1.82) is 0 Å². The average molecular weight is 256 g/mol. The van der Waals surface area contributed by atoms with Crippen LogP contribution in [-0.2, 0) is 7.05 Å². The highest BCUT2D eigenvalue weighted by Crippen LogP contribution is 2.27. The van der Waals surface area contributed by atoms with E-state index in [-0.39, 0.29) is 6.04 Å². The summed E-state index contributed by atoms with van der Waals surface area (Å²) in [6, 6.07) is 11.7. The van der Waals surface area contributed by atoms with Crippen LogP contribution in [0.3, 0.4) is 0 Å². The molecule has 1 aromatic carbocycles. The molecule has 5 heteroatoms. The lowest BCUT2D eigenvalue weighted by Crippen LogP contribution is -2.30. The van der Waals surface area contributed by atoms with E-state index >= 15 is 0 Å². The number of furan rings is 1. The maximum absolute atomic E-state index is 5.86. The van der Waals surface area contributed by atoms with Crippen molar-refractivity contribution in [3.05, 3.63) is 53.5 Å². The van der Waals surface area contributed by atoms with Crippen molar-refractivity contribution in [3.63, 3.8) is 0 Å². The van der Waals surface area contributed by atoms with Crippen molar-refractivity contribution < 1.29 is 4.42 Å². The number of hydrogen-bond acceptors (Lipinski definition) is 4. The highest BCUT2D eigenvalue weighted by Gasteiger charge is 2.20. The van der Waals surface area contributed by atoms with E-state index in [9.17, 15) is 0 Å². The first-order valence-electron chi connectivity index (χ1n) is 6.14. The molecule has 2 heterocycles. The van der Waals surface area contributed by atoms with Gasteiger partial charge in [-0.15, -0.1) is 0 Å². The van der Waals surface area contributed by atoms with E-state index in [1.165, 1.54) is 0 Å². The van der Waals surface area contributed by atoms with Crippen LogP contribution in [0.15, 0.2) is 40.8 Å². The van der Waals surface area contributed by atoms with E-state index in [4.69, 9.17) is 10.3 Å². The van der Waals surface area contributed by atoms with Gasteiger partial charge in [-0.05, 0) is 25.1 Å². The van der Waals surface area contributed by atoms with Gasteiger partial charge in [0.2, 0.25) is 0 Å². The number of hydrogen-bond donors (Lipinski definition) is 2. The van der Waals surface area contributed by atoms with Crippen LogP contribution in [0.1, 0.15) is 23.2 Å². The van der Waals surface area contributed by atoms with Crippen LogP contribution in [-0.4, -0.2) is 9.78 Å². The van der Waals surface area contributed by atoms with Crippen molar-refractivity contribution in [1.82, 2.24) is 15.2 Å². The SMILES string of the molecule is Cc1cc(C(NN)c2cc3ccccc3o2)n(C)n1. The predicted molar refractivity (Wildman–Crippen MR) is 73.3 cm³/mol. The molecule has 0 aliphatic heterocycles. The van der Waals surface area contributed by atoms with E-state index in [2.05, 4.69) is 10.5 Å². The van der Waals surface area contributed by atoms with E-state index in [0.717, 1.165) is 28.1 Å². The van der Waals surface area contributed by atoms with Gasteiger partial charge in [-0.25, -0.2) is 5.43 Å². The van der Waals surface area contributed by atoms with E-state index in [1.54, 1.807) is 0 Å². The van der Waals surface area contributed by atoms with Gasteiger partial charge in [0.1, 0.15) is 17.4 Å². The second-order valence-corrected chi connectivity index (χ2v) is 4.62. The van der Waals surface area contributed by atoms with Gasteiger partial charge in [-0.2, -0.15) is 5.10 Å². The Balaban J connectivity index is 2.09. The van der Waals surface area contributed by atoms with E-state index in [0.29, 0.717) is 0 Å². The maximum Gasteiger partial charge on any atom is 0.134 e. The predicted octanol–water partition coefficient (Wildman–Crippen LogP) is 2.03. The number of nitrogens with one attached hydrogen (secondary N) is 1. The van der Waals surface area contributed by atoms with Crippen LogP contribution in [0.4, 0.5) is 0 Å². The molecule has 1 unspecified atom stereocenters.